The fraction of sp³-hybridized carbons (Fsp3) is 0.211. The van der Waals surface area contributed by atoms with E-state index in [1.54, 1.807) is 0 Å². The highest BCUT2D eigenvalue weighted by Gasteiger charge is 2.20. The van der Waals surface area contributed by atoms with E-state index in [0.29, 0.717) is 0 Å². The van der Waals surface area contributed by atoms with Crippen molar-refractivity contribution in [3.63, 3.8) is 0 Å². The van der Waals surface area contributed by atoms with Crippen molar-refractivity contribution in [1.29, 1.82) is 0 Å². The van der Waals surface area contributed by atoms with Crippen LogP contribution >= 0.6 is 15.9 Å². The Bertz CT molecular complexity index is 936. The molecular formula is C19H19BBrF4NO. The van der Waals surface area contributed by atoms with Crippen LogP contribution in [-0.4, -0.2) is 13.8 Å². The minimum absolute atomic E-state index is 0.884. The van der Waals surface area contributed by atoms with E-state index in [0.717, 1.165) is 45.1 Å². The van der Waals surface area contributed by atoms with Crippen LogP contribution in [0.5, 0.6) is 0 Å². The fourth-order valence-corrected chi connectivity index (χ4v) is 2.81. The lowest BCUT2D eigenvalue weighted by molar-refractivity contribution is -0.499. The second kappa shape index (κ2) is 9.74. The lowest BCUT2D eigenvalue weighted by Crippen LogP contribution is -2.76. The molecule has 2 nitrogen and oxygen atoms in total. The van der Waals surface area contributed by atoms with Crippen LogP contribution in [0, 0.1) is 0 Å². The lowest BCUT2D eigenvalue weighted by atomic mass is 10.1. The van der Waals surface area contributed by atoms with Gasteiger partial charge < -0.3 is 21.7 Å². The van der Waals surface area contributed by atoms with E-state index < -0.39 is 7.25 Å². The van der Waals surface area contributed by atoms with E-state index >= 15 is 0 Å². The van der Waals surface area contributed by atoms with E-state index in [1.807, 2.05) is 30.3 Å². The van der Waals surface area contributed by atoms with Crippen molar-refractivity contribution in [3.8, 4) is 11.3 Å². The minimum atomic E-state index is -6.00. The second-order valence-electron chi connectivity index (χ2n) is 5.81. The summed E-state index contributed by atoms with van der Waals surface area (Å²) in [7, 11) is -6.00. The van der Waals surface area contributed by atoms with Crippen molar-refractivity contribution in [2.75, 3.05) is 6.54 Å². The van der Waals surface area contributed by atoms with Crippen molar-refractivity contribution in [2.45, 2.75) is 19.8 Å². The molecule has 0 aliphatic heterocycles. The molecule has 0 saturated carbocycles. The van der Waals surface area contributed by atoms with Gasteiger partial charge in [-0.25, -0.2) is 4.99 Å². The van der Waals surface area contributed by atoms with Gasteiger partial charge in [-0.05, 0) is 18.2 Å². The Labute approximate surface area is 163 Å². The molecule has 0 amide bonds. The second-order valence-corrected chi connectivity index (χ2v) is 6.72. The molecule has 0 bridgehead atoms. The van der Waals surface area contributed by atoms with Crippen LogP contribution in [0.1, 0.15) is 19.8 Å². The molecule has 0 saturated heterocycles. The van der Waals surface area contributed by atoms with Gasteiger partial charge in [-0.2, -0.15) is 0 Å². The monoisotopic (exact) mass is 443 g/mol. The van der Waals surface area contributed by atoms with Gasteiger partial charge in [0, 0.05) is 16.5 Å². The molecule has 3 rings (SSSR count). The summed E-state index contributed by atoms with van der Waals surface area (Å²) in [5, 5.41) is 2.22. The third kappa shape index (κ3) is 7.21. The highest BCUT2D eigenvalue weighted by molar-refractivity contribution is 9.10. The van der Waals surface area contributed by atoms with Gasteiger partial charge in [-0.1, -0.05) is 59.6 Å². The fourth-order valence-electron chi connectivity index (χ4n) is 2.45. The molecule has 1 aromatic heterocycles. The van der Waals surface area contributed by atoms with Crippen LogP contribution in [0.4, 0.5) is 17.3 Å². The van der Waals surface area contributed by atoms with Gasteiger partial charge in [0.15, 0.2) is 0 Å². The number of fused-ring (bicyclic) bond motifs is 1. The Morgan fingerprint density at radius 3 is 2.30 bits per heavy atom. The Kier molecular flexibility index (Phi) is 7.65. The van der Waals surface area contributed by atoms with Crippen LogP contribution in [-0.2, 0) is 0 Å². The molecule has 1 N–H and O–H groups in total. The molecule has 2 aromatic carbocycles. The van der Waals surface area contributed by atoms with Crippen LogP contribution in [0.15, 0.2) is 63.5 Å². The maximum absolute atomic E-state index is 9.75. The number of hydrogen-bond donors (Lipinski definition) is 1. The Morgan fingerprint density at radius 2 is 1.67 bits per heavy atom. The van der Waals surface area contributed by atoms with Crippen LogP contribution in [0.3, 0.4) is 0 Å². The predicted octanol–water partition coefficient (Wildman–Crippen LogP) is 4.94. The molecule has 0 atom stereocenters. The Morgan fingerprint density at radius 1 is 1.00 bits per heavy atom. The Balaban J connectivity index is 0.000000465. The summed E-state index contributed by atoms with van der Waals surface area (Å²) >= 11 is 3.54. The molecule has 27 heavy (non-hydrogen) atoms. The molecule has 0 spiro atoms. The summed E-state index contributed by atoms with van der Waals surface area (Å²) in [5.74, 6) is 0.884. The maximum atomic E-state index is 9.75. The first-order valence-corrected chi connectivity index (χ1v) is 9.30. The number of benzene rings is 2. The SMILES string of the molecule is CCCC[NH+]=c1cc(-c2ccccc2)oc2ccc(Br)cc12.F[B-](F)(F)F. The molecule has 0 fully saturated rings. The van der Waals surface area contributed by atoms with Crippen molar-refractivity contribution in [1.82, 2.24) is 0 Å². The van der Waals surface area contributed by atoms with E-state index in [9.17, 15) is 17.3 Å². The van der Waals surface area contributed by atoms with Crippen molar-refractivity contribution >= 4 is 34.2 Å². The number of hydrogen-bond acceptors (Lipinski definition) is 1. The van der Waals surface area contributed by atoms with Gasteiger partial charge >= 0.3 is 7.25 Å². The smallest absolute Gasteiger partial charge is 0.456 e. The summed E-state index contributed by atoms with van der Waals surface area (Å²) in [6, 6.07) is 18.4. The Hall–Kier alpha value is -2.09. The first-order chi connectivity index (χ1) is 12.8. The van der Waals surface area contributed by atoms with Crippen molar-refractivity contribution < 1.29 is 26.7 Å². The summed E-state index contributed by atoms with van der Waals surface area (Å²) in [6.45, 7) is 3.17. The van der Waals surface area contributed by atoms with Crippen molar-refractivity contribution in [3.05, 3.63) is 64.4 Å². The van der Waals surface area contributed by atoms with E-state index in [1.165, 1.54) is 6.42 Å². The summed E-state index contributed by atoms with van der Waals surface area (Å²) in [6.07, 6.45) is 2.33. The first-order valence-electron chi connectivity index (χ1n) is 8.51. The number of rotatable bonds is 4. The van der Waals surface area contributed by atoms with Gasteiger partial charge in [0.05, 0.1) is 11.5 Å². The topological polar surface area (TPSA) is 27.1 Å². The zero-order valence-corrected chi connectivity index (χ0v) is 16.3. The number of unbranched alkanes of at least 4 members (excludes halogenated alkanes) is 1. The first kappa shape index (κ1) is 21.2. The zero-order valence-electron chi connectivity index (χ0n) is 14.7. The average molecular weight is 444 g/mol. The maximum Gasteiger partial charge on any atom is 0.673 e. The van der Waals surface area contributed by atoms with Gasteiger partial charge in [0.1, 0.15) is 17.9 Å². The van der Waals surface area contributed by atoms with Gasteiger partial charge in [0.25, 0.3) is 0 Å². The molecule has 144 valence electrons. The van der Waals surface area contributed by atoms with Crippen LogP contribution < -0.4 is 10.3 Å². The molecule has 0 radical (unpaired) electrons. The van der Waals surface area contributed by atoms with Gasteiger partial charge in [-0.3, -0.25) is 0 Å². The molecule has 0 unspecified atom stereocenters. The molecule has 0 aliphatic carbocycles. The predicted molar refractivity (Wildman–Crippen MR) is 103 cm³/mol. The quantitative estimate of drug-likeness (QED) is 0.345. The highest BCUT2D eigenvalue weighted by Crippen LogP contribution is 2.23. The number of halogens is 5. The minimum Gasteiger partial charge on any atom is -0.456 e. The lowest BCUT2D eigenvalue weighted by Gasteiger charge is -2.03. The molecule has 0 aliphatic rings. The molecule has 1 heterocycles. The van der Waals surface area contributed by atoms with E-state index in [-0.39, 0.29) is 0 Å². The molecule has 8 heteroatoms. The van der Waals surface area contributed by atoms with Crippen LogP contribution in [0.25, 0.3) is 22.3 Å². The zero-order chi connectivity index (χ0) is 19.9. The van der Waals surface area contributed by atoms with Crippen LogP contribution in [0.2, 0.25) is 0 Å². The standard InChI is InChI=1S/C19H18BrNO.BF4/c1-2-3-11-21-17-13-19(14-7-5-4-6-8-14)22-18-10-9-15(20)12-16(17)18;2-1(3,4)5/h4-10,12-13H,2-3,11H2,1H3;/q;-1/p+1. The molecule has 3 aromatic rings. The number of nitrogens with one attached hydrogen (secondary N) is 1. The normalized spacial score (nSPS) is 12.0. The largest absolute Gasteiger partial charge is 0.673 e. The van der Waals surface area contributed by atoms with Gasteiger partial charge in [0.2, 0.25) is 5.36 Å². The third-order valence-electron chi connectivity index (χ3n) is 3.63. The van der Waals surface area contributed by atoms with E-state index in [4.69, 9.17) is 4.42 Å². The van der Waals surface area contributed by atoms with E-state index in [2.05, 4.69) is 52.1 Å². The highest BCUT2D eigenvalue weighted by atomic mass is 79.9. The summed E-state index contributed by atoms with van der Waals surface area (Å²) in [4.78, 5) is 3.55. The third-order valence-corrected chi connectivity index (χ3v) is 4.12. The summed E-state index contributed by atoms with van der Waals surface area (Å²) < 4.78 is 46.1. The van der Waals surface area contributed by atoms with Gasteiger partial charge in [-0.15, -0.1) is 0 Å². The average Bonchev–Trinajstić information content (AvgIpc) is 2.61. The summed E-state index contributed by atoms with van der Waals surface area (Å²) in [5.41, 5.74) is 1.98. The van der Waals surface area contributed by atoms with Crippen molar-refractivity contribution in [2.24, 2.45) is 0 Å². The molecular weight excluding hydrogens is 425 g/mol.